The molecule has 0 bridgehead atoms. The van der Waals surface area contributed by atoms with Crippen LogP contribution in [0.5, 0.6) is 5.75 Å². The Labute approximate surface area is 228 Å². The molecule has 3 aromatic rings. The molecule has 6 atom stereocenters. The van der Waals surface area contributed by atoms with Crippen molar-refractivity contribution < 1.29 is 27.2 Å². The molecule has 0 spiro atoms. The third kappa shape index (κ3) is 4.57. The monoisotopic (exact) mass is 587 g/mol. The summed E-state index contributed by atoms with van der Waals surface area (Å²) in [6.45, 7) is 0.291. The molecule has 4 nitrogen and oxygen atoms in total. The molecule has 4 aliphatic rings. The summed E-state index contributed by atoms with van der Waals surface area (Å²) in [5.74, 6) is 4.30. The highest BCUT2D eigenvalue weighted by Gasteiger charge is 2.57. The maximum atomic E-state index is 13.1. The summed E-state index contributed by atoms with van der Waals surface area (Å²) in [5, 5.41) is 4.22. The van der Waals surface area contributed by atoms with Gasteiger partial charge in [-0.05, 0) is 97.9 Å². The molecule has 0 N–H and O–H groups in total. The molecule has 0 radical (unpaired) electrons. The Morgan fingerprint density at radius 2 is 1.68 bits per heavy atom. The second kappa shape index (κ2) is 9.40. The molecule has 0 saturated heterocycles. The summed E-state index contributed by atoms with van der Waals surface area (Å²) in [6, 6.07) is 14.9. The van der Waals surface area contributed by atoms with E-state index in [0.717, 1.165) is 53.3 Å². The van der Waals surface area contributed by atoms with E-state index in [9.17, 15) is 13.2 Å². The lowest BCUT2D eigenvalue weighted by atomic mass is 9.56. The van der Waals surface area contributed by atoms with E-state index in [1.54, 1.807) is 12.1 Å². The van der Waals surface area contributed by atoms with E-state index in [4.69, 9.17) is 9.26 Å². The SMILES string of the molecule is FC(F)(F)Oc1ccccc1-c1noc(C2CC2)c1CO[C@@H]1CC2CC(c3ccc(Br)cc3)C3C[C@H](C1)C23. The summed E-state index contributed by atoms with van der Waals surface area (Å²) >= 11 is 3.55. The van der Waals surface area contributed by atoms with Crippen molar-refractivity contribution in [1.29, 1.82) is 0 Å². The number of para-hydroxylation sites is 1. The van der Waals surface area contributed by atoms with Gasteiger partial charge in [0.05, 0.1) is 12.7 Å². The van der Waals surface area contributed by atoms with Crippen LogP contribution in [0.2, 0.25) is 0 Å². The van der Waals surface area contributed by atoms with Crippen molar-refractivity contribution in [3.8, 4) is 17.0 Å². The molecular formula is C30H29BrF3NO3. The van der Waals surface area contributed by atoms with Crippen LogP contribution in [-0.4, -0.2) is 17.6 Å². The van der Waals surface area contributed by atoms with E-state index < -0.39 is 6.36 Å². The molecule has 1 heterocycles. The first kappa shape index (κ1) is 24.7. The van der Waals surface area contributed by atoms with Gasteiger partial charge in [-0.15, -0.1) is 13.2 Å². The van der Waals surface area contributed by atoms with Crippen LogP contribution < -0.4 is 4.74 Å². The summed E-state index contributed by atoms with van der Waals surface area (Å²) in [4.78, 5) is 0. The lowest BCUT2D eigenvalue weighted by Gasteiger charge is -2.50. The Morgan fingerprint density at radius 3 is 2.42 bits per heavy atom. The predicted octanol–water partition coefficient (Wildman–Crippen LogP) is 8.62. The van der Waals surface area contributed by atoms with Crippen molar-refractivity contribution in [3.63, 3.8) is 0 Å². The van der Waals surface area contributed by atoms with E-state index in [1.165, 1.54) is 30.5 Å². The average molecular weight is 588 g/mol. The van der Waals surface area contributed by atoms with Gasteiger partial charge in [0.2, 0.25) is 0 Å². The number of hydrogen-bond acceptors (Lipinski definition) is 4. The quantitative estimate of drug-likeness (QED) is 0.277. The van der Waals surface area contributed by atoms with Gasteiger partial charge in [-0.25, -0.2) is 0 Å². The van der Waals surface area contributed by atoms with Crippen LogP contribution in [0.3, 0.4) is 0 Å². The standard InChI is InChI=1S/C30H29BrF3NO3/c31-20-9-7-16(8-10-20)23-13-18-11-21(12-19-14-24(23)27(18)19)36-15-25-28(35-38-29(25)17-5-6-17)22-3-1-2-4-26(22)37-30(32,33)34/h1-4,7-10,17-19,21,23-24,27H,5-6,11-15H2/t18?,19-,21+,23?,24?,27?/m0/s1. The fourth-order valence-electron chi connectivity index (χ4n) is 7.57. The van der Waals surface area contributed by atoms with E-state index in [0.29, 0.717) is 30.1 Å². The van der Waals surface area contributed by atoms with Gasteiger partial charge in [0, 0.05) is 21.5 Å². The van der Waals surface area contributed by atoms with E-state index in [1.807, 2.05) is 0 Å². The smallest absolute Gasteiger partial charge is 0.405 e. The lowest BCUT2D eigenvalue weighted by Crippen LogP contribution is -2.44. The zero-order valence-electron chi connectivity index (χ0n) is 20.8. The minimum atomic E-state index is -4.79. The van der Waals surface area contributed by atoms with E-state index in [-0.39, 0.29) is 23.3 Å². The van der Waals surface area contributed by atoms with Crippen molar-refractivity contribution in [2.45, 2.75) is 69.4 Å². The fraction of sp³-hybridized carbons (Fsp3) is 0.500. The van der Waals surface area contributed by atoms with Gasteiger partial charge in [0.25, 0.3) is 0 Å². The number of alkyl halides is 3. The van der Waals surface area contributed by atoms with Gasteiger partial charge in [-0.1, -0.05) is 45.4 Å². The van der Waals surface area contributed by atoms with Crippen LogP contribution in [0.25, 0.3) is 11.3 Å². The number of benzene rings is 2. The van der Waals surface area contributed by atoms with E-state index in [2.05, 4.69) is 50.1 Å². The lowest BCUT2D eigenvalue weighted by molar-refractivity contribution is -0.274. The van der Waals surface area contributed by atoms with Crippen molar-refractivity contribution in [1.82, 2.24) is 5.16 Å². The molecule has 4 unspecified atom stereocenters. The second-order valence-electron chi connectivity index (χ2n) is 11.5. The molecular weight excluding hydrogens is 559 g/mol. The normalized spacial score (nSPS) is 30.1. The molecule has 4 saturated carbocycles. The molecule has 0 aliphatic heterocycles. The van der Waals surface area contributed by atoms with Gasteiger partial charge >= 0.3 is 6.36 Å². The fourth-order valence-corrected chi connectivity index (χ4v) is 7.83. The summed E-state index contributed by atoms with van der Waals surface area (Å²) in [5.41, 5.74) is 2.88. The van der Waals surface area contributed by atoms with Crippen LogP contribution >= 0.6 is 15.9 Å². The minimum absolute atomic E-state index is 0.141. The van der Waals surface area contributed by atoms with Gasteiger partial charge in [-0.2, -0.15) is 0 Å². The Morgan fingerprint density at radius 1 is 0.947 bits per heavy atom. The van der Waals surface area contributed by atoms with Crippen LogP contribution in [0.1, 0.15) is 67.2 Å². The van der Waals surface area contributed by atoms with Gasteiger partial charge in [-0.3, -0.25) is 0 Å². The Bertz CT molecular complexity index is 1320. The van der Waals surface area contributed by atoms with Crippen molar-refractivity contribution in [3.05, 3.63) is 69.9 Å². The first-order valence-electron chi connectivity index (χ1n) is 13.5. The van der Waals surface area contributed by atoms with E-state index >= 15 is 0 Å². The average Bonchev–Trinajstić information content (AvgIpc) is 3.53. The molecule has 1 aromatic heterocycles. The summed E-state index contributed by atoms with van der Waals surface area (Å²) in [7, 11) is 0. The van der Waals surface area contributed by atoms with Crippen LogP contribution in [0.4, 0.5) is 13.2 Å². The molecule has 8 heteroatoms. The highest BCUT2D eigenvalue weighted by molar-refractivity contribution is 9.10. The number of aromatic nitrogens is 1. The molecule has 200 valence electrons. The van der Waals surface area contributed by atoms with Crippen molar-refractivity contribution in [2.75, 3.05) is 0 Å². The molecule has 7 rings (SSSR count). The number of hydrogen-bond donors (Lipinski definition) is 0. The number of halogens is 4. The van der Waals surface area contributed by atoms with Crippen LogP contribution in [0, 0.1) is 23.7 Å². The van der Waals surface area contributed by atoms with Crippen LogP contribution in [-0.2, 0) is 11.3 Å². The Hall–Kier alpha value is -2.32. The number of nitrogens with zero attached hydrogens (tertiary/aromatic N) is 1. The number of rotatable bonds is 7. The van der Waals surface area contributed by atoms with Gasteiger partial charge in [0.1, 0.15) is 17.2 Å². The highest BCUT2D eigenvalue weighted by atomic mass is 79.9. The van der Waals surface area contributed by atoms with Crippen LogP contribution in [0.15, 0.2) is 57.5 Å². The Kier molecular flexibility index (Phi) is 6.11. The topological polar surface area (TPSA) is 44.5 Å². The van der Waals surface area contributed by atoms with Crippen molar-refractivity contribution >= 4 is 15.9 Å². The number of ether oxygens (including phenoxy) is 2. The maximum Gasteiger partial charge on any atom is 0.573 e. The minimum Gasteiger partial charge on any atom is -0.405 e. The first-order valence-corrected chi connectivity index (χ1v) is 14.3. The Balaban J connectivity index is 1.09. The van der Waals surface area contributed by atoms with Gasteiger partial charge in [0.15, 0.2) is 0 Å². The molecule has 0 amide bonds. The molecule has 4 aliphatic carbocycles. The highest BCUT2D eigenvalue weighted by Crippen LogP contribution is 2.65. The third-order valence-corrected chi connectivity index (χ3v) is 9.79. The maximum absolute atomic E-state index is 13.1. The summed E-state index contributed by atoms with van der Waals surface area (Å²) in [6.07, 6.45) is 1.91. The largest absolute Gasteiger partial charge is 0.573 e. The summed E-state index contributed by atoms with van der Waals surface area (Å²) < 4.78 is 56.9. The molecule has 38 heavy (non-hydrogen) atoms. The molecule has 2 aromatic carbocycles. The zero-order chi connectivity index (χ0) is 26.0. The zero-order valence-corrected chi connectivity index (χ0v) is 22.4. The first-order chi connectivity index (χ1) is 18.3. The molecule has 4 fully saturated rings. The van der Waals surface area contributed by atoms with Gasteiger partial charge < -0.3 is 14.0 Å². The van der Waals surface area contributed by atoms with Crippen molar-refractivity contribution in [2.24, 2.45) is 23.7 Å². The predicted molar refractivity (Wildman–Crippen MR) is 138 cm³/mol. The second-order valence-corrected chi connectivity index (χ2v) is 12.4. The third-order valence-electron chi connectivity index (χ3n) is 9.26.